The molecule has 0 aliphatic carbocycles. The molecule has 1 saturated heterocycles. The number of hydrogen-bond donors (Lipinski definition) is 4. The van der Waals surface area contributed by atoms with Crippen LogP contribution in [0.15, 0.2) is 12.7 Å². The highest BCUT2D eigenvalue weighted by atomic mass is 32.2. The minimum atomic E-state index is -1.03. The molecule has 0 saturated carbocycles. The van der Waals surface area contributed by atoms with Crippen LogP contribution in [-0.2, 0) is 14.3 Å². The van der Waals surface area contributed by atoms with Gasteiger partial charge in [0, 0.05) is 12.9 Å². The van der Waals surface area contributed by atoms with Crippen molar-refractivity contribution < 1.29 is 24.5 Å². The number of aromatic nitrogens is 4. The number of imidazole rings is 1. The van der Waals surface area contributed by atoms with Crippen molar-refractivity contribution in [1.29, 1.82) is 0 Å². The van der Waals surface area contributed by atoms with Crippen LogP contribution in [0.5, 0.6) is 0 Å². The number of aliphatic carboxylic acids is 1. The Morgan fingerprint density at radius 3 is 2.96 bits per heavy atom. The number of methoxy groups -OCH3 is 1. The molecule has 2 aromatic rings. The van der Waals surface area contributed by atoms with E-state index >= 15 is 0 Å². The third-order valence-corrected chi connectivity index (χ3v) is 5.51. The van der Waals surface area contributed by atoms with Gasteiger partial charge in [-0.1, -0.05) is 0 Å². The Kier molecular flexibility index (Phi) is 6.11. The SMILES string of the molecule is CO[C@@H]1[C@H](O)[C@@H](CSCC[C@H](N)C(=O)O)O[C@H]1n1cnc2c(N)ncnc21. The Balaban J connectivity index is 1.68. The molecule has 0 aromatic carbocycles. The fourth-order valence-corrected chi connectivity index (χ4v) is 4.02. The van der Waals surface area contributed by atoms with E-state index in [9.17, 15) is 9.90 Å². The van der Waals surface area contributed by atoms with Crippen molar-refractivity contribution >= 4 is 34.7 Å². The summed E-state index contributed by atoms with van der Waals surface area (Å²) < 4.78 is 13.1. The van der Waals surface area contributed by atoms with Crippen LogP contribution in [0.2, 0.25) is 0 Å². The zero-order valence-electron chi connectivity index (χ0n) is 14.6. The maximum atomic E-state index is 10.7. The van der Waals surface area contributed by atoms with E-state index in [0.717, 1.165) is 0 Å². The molecule has 0 amide bonds. The van der Waals surface area contributed by atoms with Crippen LogP contribution in [0.4, 0.5) is 5.82 Å². The molecule has 0 spiro atoms. The van der Waals surface area contributed by atoms with Crippen molar-refractivity contribution in [2.45, 2.75) is 37.0 Å². The van der Waals surface area contributed by atoms with Crippen molar-refractivity contribution in [3.05, 3.63) is 12.7 Å². The average molecular weight is 398 g/mol. The highest BCUT2D eigenvalue weighted by molar-refractivity contribution is 7.99. The second-order valence-corrected chi connectivity index (χ2v) is 7.30. The summed E-state index contributed by atoms with van der Waals surface area (Å²) in [6.07, 6.45) is 0.590. The summed E-state index contributed by atoms with van der Waals surface area (Å²) >= 11 is 1.46. The van der Waals surface area contributed by atoms with Gasteiger partial charge in [-0.2, -0.15) is 11.8 Å². The van der Waals surface area contributed by atoms with Crippen LogP contribution in [-0.4, -0.2) is 78.7 Å². The number of nitrogens with two attached hydrogens (primary N) is 2. The summed E-state index contributed by atoms with van der Waals surface area (Å²) in [4.78, 5) is 23.1. The van der Waals surface area contributed by atoms with Gasteiger partial charge in [-0.25, -0.2) is 15.0 Å². The number of thioether (sulfide) groups is 1. The maximum Gasteiger partial charge on any atom is 0.320 e. The molecule has 6 N–H and O–H groups in total. The first-order valence-corrected chi connectivity index (χ1v) is 9.45. The molecule has 27 heavy (non-hydrogen) atoms. The lowest BCUT2D eigenvalue weighted by Gasteiger charge is -2.19. The van der Waals surface area contributed by atoms with Crippen LogP contribution in [0.3, 0.4) is 0 Å². The van der Waals surface area contributed by atoms with E-state index in [0.29, 0.717) is 29.1 Å². The van der Waals surface area contributed by atoms with Crippen molar-refractivity contribution in [3.8, 4) is 0 Å². The molecule has 0 bridgehead atoms. The summed E-state index contributed by atoms with van der Waals surface area (Å²) in [5, 5.41) is 19.4. The molecule has 3 heterocycles. The van der Waals surface area contributed by atoms with Crippen LogP contribution in [0.25, 0.3) is 11.2 Å². The quantitative estimate of drug-likeness (QED) is 0.411. The lowest BCUT2D eigenvalue weighted by atomic mass is 10.1. The molecule has 5 atom stereocenters. The van der Waals surface area contributed by atoms with E-state index in [4.69, 9.17) is 26.0 Å². The minimum Gasteiger partial charge on any atom is -0.480 e. The van der Waals surface area contributed by atoms with Crippen molar-refractivity contribution in [1.82, 2.24) is 19.5 Å². The van der Waals surface area contributed by atoms with E-state index in [1.165, 1.54) is 31.5 Å². The van der Waals surface area contributed by atoms with E-state index < -0.39 is 36.6 Å². The lowest BCUT2D eigenvalue weighted by Crippen LogP contribution is -2.34. The molecule has 12 heteroatoms. The number of carboxylic acids is 1. The average Bonchev–Trinajstić information content (AvgIpc) is 3.20. The number of carbonyl (C=O) groups is 1. The zero-order valence-corrected chi connectivity index (χ0v) is 15.5. The lowest BCUT2D eigenvalue weighted by molar-refractivity contribution is -0.138. The number of hydrogen-bond acceptors (Lipinski definition) is 10. The highest BCUT2D eigenvalue weighted by Crippen LogP contribution is 2.34. The van der Waals surface area contributed by atoms with E-state index in [2.05, 4.69) is 15.0 Å². The Morgan fingerprint density at radius 1 is 1.48 bits per heavy atom. The van der Waals surface area contributed by atoms with Gasteiger partial charge in [-0.15, -0.1) is 0 Å². The summed E-state index contributed by atoms with van der Waals surface area (Å²) in [5.74, 6) is 0.238. The number of aliphatic hydroxyl groups is 1. The number of carboxylic acid groups (broad SMARTS) is 1. The summed E-state index contributed by atoms with van der Waals surface area (Å²) in [5.41, 5.74) is 12.2. The van der Waals surface area contributed by atoms with Gasteiger partial charge in [0.25, 0.3) is 0 Å². The normalized spacial score (nSPS) is 26.5. The second kappa shape index (κ2) is 8.35. The number of aliphatic hydroxyl groups excluding tert-OH is 1. The molecule has 1 aliphatic heterocycles. The molecule has 3 rings (SSSR count). The Bertz CT molecular complexity index is 804. The van der Waals surface area contributed by atoms with Crippen LogP contribution in [0.1, 0.15) is 12.6 Å². The largest absolute Gasteiger partial charge is 0.480 e. The van der Waals surface area contributed by atoms with Gasteiger partial charge in [0.05, 0.1) is 12.4 Å². The van der Waals surface area contributed by atoms with Gasteiger partial charge in [-0.05, 0) is 12.2 Å². The van der Waals surface area contributed by atoms with Crippen molar-refractivity contribution in [2.24, 2.45) is 5.73 Å². The van der Waals surface area contributed by atoms with E-state index in [1.54, 1.807) is 4.57 Å². The van der Waals surface area contributed by atoms with Gasteiger partial charge < -0.3 is 31.2 Å². The maximum absolute atomic E-state index is 10.7. The third kappa shape index (κ3) is 3.99. The van der Waals surface area contributed by atoms with Gasteiger partial charge in [-0.3, -0.25) is 9.36 Å². The van der Waals surface area contributed by atoms with Crippen molar-refractivity contribution in [2.75, 3.05) is 24.3 Å². The first-order valence-electron chi connectivity index (χ1n) is 8.29. The molecule has 1 aliphatic rings. The van der Waals surface area contributed by atoms with Gasteiger partial charge >= 0.3 is 5.97 Å². The molecule has 1 fully saturated rings. The smallest absolute Gasteiger partial charge is 0.320 e. The summed E-state index contributed by atoms with van der Waals surface area (Å²) in [7, 11) is 1.49. The number of ether oxygens (including phenoxy) is 2. The van der Waals surface area contributed by atoms with Gasteiger partial charge in [0.15, 0.2) is 17.7 Å². The second-order valence-electron chi connectivity index (χ2n) is 6.15. The molecule has 0 radical (unpaired) electrons. The van der Waals surface area contributed by atoms with Crippen LogP contribution < -0.4 is 11.5 Å². The van der Waals surface area contributed by atoms with Crippen LogP contribution in [0, 0.1) is 0 Å². The number of nitrogens with zero attached hydrogens (tertiary/aromatic N) is 4. The fourth-order valence-electron chi connectivity index (χ4n) is 2.92. The number of anilines is 1. The van der Waals surface area contributed by atoms with E-state index in [-0.39, 0.29) is 5.82 Å². The van der Waals surface area contributed by atoms with Crippen LogP contribution >= 0.6 is 11.8 Å². The predicted molar refractivity (Wildman–Crippen MR) is 98.0 cm³/mol. The van der Waals surface area contributed by atoms with E-state index in [1.807, 2.05) is 0 Å². The molecule has 148 valence electrons. The molecule has 11 nitrogen and oxygen atoms in total. The molecular weight excluding hydrogens is 376 g/mol. The fraction of sp³-hybridized carbons (Fsp3) is 0.600. The zero-order chi connectivity index (χ0) is 19.6. The predicted octanol–water partition coefficient (Wildman–Crippen LogP) is -0.783. The summed E-state index contributed by atoms with van der Waals surface area (Å²) in [6.45, 7) is 0. The first-order chi connectivity index (χ1) is 12.9. The number of nitrogen functional groups attached to an aromatic ring is 1. The standard InChI is InChI=1S/C15H22N6O5S/c1-25-11-10(22)8(4-27-3-2-7(16)15(23)24)26-14(11)21-6-20-9-12(17)18-5-19-13(9)21/h5-8,10-11,14,22H,2-4,16H2,1H3,(H,23,24)(H2,17,18,19)/t7-,8+,10+,11+,14+/m0/s1. The topological polar surface area (TPSA) is 172 Å². The monoisotopic (exact) mass is 398 g/mol. The van der Waals surface area contributed by atoms with Gasteiger partial charge in [0.2, 0.25) is 0 Å². The Hall–Kier alpha value is -1.99. The molecule has 2 aromatic heterocycles. The number of rotatable bonds is 8. The molecular formula is C15H22N6O5S. The first kappa shape index (κ1) is 19.8. The minimum absolute atomic E-state index is 0.258. The Morgan fingerprint density at radius 2 is 2.26 bits per heavy atom. The Labute approximate surface area is 159 Å². The van der Waals surface area contributed by atoms with Crippen molar-refractivity contribution in [3.63, 3.8) is 0 Å². The third-order valence-electron chi connectivity index (χ3n) is 4.42. The highest BCUT2D eigenvalue weighted by Gasteiger charge is 2.45. The van der Waals surface area contributed by atoms with Gasteiger partial charge in [0.1, 0.15) is 30.1 Å². The summed E-state index contributed by atoms with van der Waals surface area (Å²) in [6, 6.07) is -0.895. The molecule has 0 unspecified atom stereocenters. The number of fused-ring (bicyclic) bond motifs is 1.